The van der Waals surface area contributed by atoms with Gasteiger partial charge in [0.2, 0.25) is 0 Å². The third-order valence-corrected chi connectivity index (χ3v) is 3.54. The van der Waals surface area contributed by atoms with Crippen LogP contribution in [0.5, 0.6) is 0 Å². The van der Waals surface area contributed by atoms with Crippen LogP contribution in [-0.4, -0.2) is 40.6 Å². The minimum atomic E-state index is -0.656. The Morgan fingerprint density at radius 1 is 1.60 bits per heavy atom. The summed E-state index contributed by atoms with van der Waals surface area (Å²) in [5.74, 6) is -0.122. The van der Waals surface area contributed by atoms with Gasteiger partial charge in [0.05, 0.1) is 12.2 Å². The molecule has 1 N–H and O–H groups in total. The molecule has 7 heteroatoms. The summed E-state index contributed by atoms with van der Waals surface area (Å²) in [4.78, 5) is 32.2. The standard InChI is InChI=1S/C13H17N3O3S/c1-3-4-5-19-12(18)9-6-10(17)8-7-14-13(20-2)16-11(8)15-9/h7,9H,3-6H2,1-2H3,(H,14,15,16). The normalized spacial score (nSPS) is 17.3. The molecule has 1 aromatic rings. The lowest BCUT2D eigenvalue weighted by Crippen LogP contribution is -2.38. The van der Waals surface area contributed by atoms with Crippen molar-refractivity contribution in [3.8, 4) is 0 Å². The van der Waals surface area contributed by atoms with Crippen molar-refractivity contribution in [1.29, 1.82) is 0 Å². The van der Waals surface area contributed by atoms with Gasteiger partial charge in [-0.15, -0.1) is 0 Å². The van der Waals surface area contributed by atoms with Crippen LogP contribution < -0.4 is 5.32 Å². The van der Waals surface area contributed by atoms with Gasteiger partial charge in [-0.1, -0.05) is 25.1 Å². The Labute approximate surface area is 121 Å². The molecule has 0 spiro atoms. The summed E-state index contributed by atoms with van der Waals surface area (Å²) in [5, 5.41) is 3.53. The smallest absolute Gasteiger partial charge is 0.329 e. The molecule has 0 aromatic carbocycles. The lowest BCUT2D eigenvalue weighted by molar-refractivity contribution is -0.144. The van der Waals surface area contributed by atoms with E-state index in [2.05, 4.69) is 15.3 Å². The summed E-state index contributed by atoms with van der Waals surface area (Å²) in [6.07, 6.45) is 5.21. The zero-order chi connectivity index (χ0) is 14.5. The highest BCUT2D eigenvalue weighted by Crippen LogP contribution is 2.24. The molecule has 1 aromatic heterocycles. The van der Waals surface area contributed by atoms with Crippen LogP contribution in [0.2, 0.25) is 0 Å². The topological polar surface area (TPSA) is 81.2 Å². The van der Waals surface area contributed by atoms with Crippen molar-refractivity contribution in [2.75, 3.05) is 18.2 Å². The molecule has 0 bridgehead atoms. The number of carbonyl (C=O) groups excluding carboxylic acids is 2. The van der Waals surface area contributed by atoms with E-state index in [0.717, 1.165) is 12.8 Å². The van der Waals surface area contributed by atoms with Crippen LogP contribution >= 0.6 is 11.8 Å². The summed E-state index contributed by atoms with van der Waals surface area (Å²) in [5.41, 5.74) is 0.431. The van der Waals surface area contributed by atoms with Crippen LogP contribution in [0.3, 0.4) is 0 Å². The Balaban J connectivity index is 2.09. The second-order valence-electron chi connectivity index (χ2n) is 4.46. The second kappa shape index (κ2) is 6.69. The first-order valence-corrected chi connectivity index (χ1v) is 7.75. The van der Waals surface area contributed by atoms with Crippen molar-refractivity contribution in [2.45, 2.75) is 37.4 Å². The average Bonchev–Trinajstić information content (AvgIpc) is 2.46. The van der Waals surface area contributed by atoms with E-state index in [9.17, 15) is 9.59 Å². The van der Waals surface area contributed by atoms with Crippen molar-refractivity contribution in [1.82, 2.24) is 9.97 Å². The number of rotatable bonds is 5. The van der Waals surface area contributed by atoms with Crippen LogP contribution in [0.1, 0.15) is 36.5 Å². The van der Waals surface area contributed by atoms with Crippen LogP contribution in [0.15, 0.2) is 11.4 Å². The second-order valence-corrected chi connectivity index (χ2v) is 5.24. The minimum Gasteiger partial charge on any atom is -0.464 e. The van der Waals surface area contributed by atoms with Crippen molar-refractivity contribution >= 4 is 29.3 Å². The summed E-state index contributed by atoms with van der Waals surface area (Å²) >= 11 is 1.38. The molecular weight excluding hydrogens is 278 g/mol. The number of fused-ring (bicyclic) bond motifs is 1. The number of anilines is 1. The average molecular weight is 295 g/mol. The molecule has 2 heterocycles. The maximum atomic E-state index is 12.0. The Morgan fingerprint density at radius 2 is 2.40 bits per heavy atom. The highest BCUT2D eigenvalue weighted by atomic mass is 32.2. The summed E-state index contributed by atoms with van der Waals surface area (Å²) in [6, 6.07) is -0.656. The minimum absolute atomic E-state index is 0.0833. The van der Waals surface area contributed by atoms with Crippen molar-refractivity contribution < 1.29 is 14.3 Å². The molecule has 20 heavy (non-hydrogen) atoms. The lowest BCUT2D eigenvalue weighted by atomic mass is 10.0. The molecule has 108 valence electrons. The van der Waals surface area contributed by atoms with Gasteiger partial charge < -0.3 is 10.1 Å². The predicted molar refractivity (Wildman–Crippen MR) is 76.0 cm³/mol. The van der Waals surface area contributed by atoms with E-state index in [1.54, 1.807) is 0 Å². The fourth-order valence-corrected chi connectivity index (χ4v) is 2.19. The number of ether oxygens (including phenoxy) is 1. The number of nitrogens with zero attached hydrogens (tertiary/aromatic N) is 2. The molecule has 1 aliphatic rings. The van der Waals surface area contributed by atoms with E-state index in [-0.39, 0.29) is 12.2 Å². The van der Waals surface area contributed by atoms with Gasteiger partial charge in [0.15, 0.2) is 10.9 Å². The molecule has 0 saturated heterocycles. The maximum absolute atomic E-state index is 12.0. The van der Waals surface area contributed by atoms with Gasteiger partial charge in [-0.25, -0.2) is 14.8 Å². The van der Waals surface area contributed by atoms with E-state index in [0.29, 0.717) is 23.1 Å². The van der Waals surface area contributed by atoms with E-state index in [4.69, 9.17) is 4.74 Å². The van der Waals surface area contributed by atoms with Crippen LogP contribution in [-0.2, 0) is 9.53 Å². The zero-order valence-electron chi connectivity index (χ0n) is 11.5. The first-order valence-electron chi connectivity index (χ1n) is 6.53. The van der Waals surface area contributed by atoms with Crippen LogP contribution in [0.4, 0.5) is 5.82 Å². The third-order valence-electron chi connectivity index (χ3n) is 2.98. The van der Waals surface area contributed by atoms with E-state index < -0.39 is 12.0 Å². The molecule has 0 radical (unpaired) electrons. The molecule has 1 atom stereocenters. The Kier molecular flexibility index (Phi) is 4.94. The first kappa shape index (κ1) is 14.8. The van der Waals surface area contributed by atoms with Gasteiger partial charge in [0.25, 0.3) is 0 Å². The fourth-order valence-electron chi connectivity index (χ4n) is 1.85. The quantitative estimate of drug-likeness (QED) is 0.384. The molecule has 0 fully saturated rings. The molecule has 1 aliphatic heterocycles. The molecule has 0 aliphatic carbocycles. The van der Waals surface area contributed by atoms with Gasteiger partial charge >= 0.3 is 5.97 Å². The van der Waals surface area contributed by atoms with E-state index in [1.807, 2.05) is 13.2 Å². The van der Waals surface area contributed by atoms with Gasteiger partial charge in [-0.05, 0) is 12.7 Å². The molecule has 1 unspecified atom stereocenters. The monoisotopic (exact) mass is 295 g/mol. The number of thioether (sulfide) groups is 1. The number of unbranched alkanes of at least 4 members (excludes halogenated alkanes) is 1. The number of nitrogens with one attached hydrogen (secondary N) is 1. The number of hydrogen-bond donors (Lipinski definition) is 1. The van der Waals surface area contributed by atoms with E-state index in [1.165, 1.54) is 18.0 Å². The molecule has 2 rings (SSSR count). The Bertz CT molecular complexity index is 522. The van der Waals surface area contributed by atoms with Crippen LogP contribution in [0.25, 0.3) is 0 Å². The number of esters is 1. The largest absolute Gasteiger partial charge is 0.464 e. The Morgan fingerprint density at radius 3 is 3.10 bits per heavy atom. The van der Waals surface area contributed by atoms with Crippen molar-refractivity contribution in [3.05, 3.63) is 11.8 Å². The highest BCUT2D eigenvalue weighted by Gasteiger charge is 2.31. The number of hydrogen-bond acceptors (Lipinski definition) is 7. The van der Waals surface area contributed by atoms with Gasteiger partial charge in [-0.2, -0.15) is 0 Å². The predicted octanol–water partition coefficient (Wildman–Crippen LogP) is 1.91. The number of carbonyl (C=O) groups is 2. The fraction of sp³-hybridized carbons (Fsp3) is 0.538. The van der Waals surface area contributed by atoms with Crippen LogP contribution in [0, 0.1) is 0 Å². The van der Waals surface area contributed by atoms with Gasteiger partial charge in [-0.3, -0.25) is 4.79 Å². The zero-order valence-corrected chi connectivity index (χ0v) is 12.3. The van der Waals surface area contributed by atoms with Crippen molar-refractivity contribution in [3.63, 3.8) is 0 Å². The molecule has 0 saturated carbocycles. The summed E-state index contributed by atoms with van der Waals surface area (Å²) < 4.78 is 5.14. The lowest BCUT2D eigenvalue weighted by Gasteiger charge is -2.23. The SMILES string of the molecule is CCCCOC(=O)C1CC(=O)c2cnc(SC)nc2N1. The third kappa shape index (κ3) is 3.27. The number of ketones is 1. The molecular formula is C13H17N3O3S. The van der Waals surface area contributed by atoms with Crippen molar-refractivity contribution in [2.24, 2.45) is 0 Å². The molecule has 0 amide bonds. The summed E-state index contributed by atoms with van der Waals surface area (Å²) in [7, 11) is 0. The summed E-state index contributed by atoms with van der Waals surface area (Å²) in [6.45, 7) is 2.40. The Hall–Kier alpha value is -1.63. The highest BCUT2D eigenvalue weighted by molar-refractivity contribution is 7.98. The maximum Gasteiger partial charge on any atom is 0.329 e. The van der Waals surface area contributed by atoms with Gasteiger partial charge in [0.1, 0.15) is 11.9 Å². The molecule has 6 nitrogen and oxygen atoms in total. The first-order chi connectivity index (χ1) is 9.65. The van der Waals surface area contributed by atoms with E-state index >= 15 is 0 Å². The number of aromatic nitrogens is 2. The van der Waals surface area contributed by atoms with Gasteiger partial charge in [0, 0.05) is 12.6 Å². The number of Topliss-reactive ketones (excluding diaryl/α,β-unsaturated/α-hetero) is 1.